The minimum Gasteiger partial charge on any atom is -0.486 e. The molecule has 1 atom stereocenters. The van der Waals surface area contributed by atoms with Crippen LogP contribution in [0.3, 0.4) is 0 Å². The quantitative estimate of drug-likeness (QED) is 0.927. The number of nitrogens with one attached hydrogen (secondary N) is 1. The smallest absolute Gasteiger partial charge is 0.161 e. The van der Waals surface area contributed by atoms with Crippen LogP contribution in [0.2, 0.25) is 0 Å². The molecule has 22 heavy (non-hydrogen) atoms. The molecule has 0 saturated heterocycles. The molecule has 0 saturated carbocycles. The van der Waals surface area contributed by atoms with Crippen molar-refractivity contribution in [1.82, 2.24) is 5.32 Å². The largest absolute Gasteiger partial charge is 0.486 e. The molecule has 0 aromatic heterocycles. The predicted molar refractivity (Wildman–Crippen MR) is 88.6 cm³/mol. The van der Waals surface area contributed by atoms with Crippen molar-refractivity contribution in [3.05, 3.63) is 58.7 Å². The van der Waals surface area contributed by atoms with E-state index in [1.165, 1.54) is 22.3 Å². The van der Waals surface area contributed by atoms with Gasteiger partial charge >= 0.3 is 0 Å². The molecule has 0 fully saturated rings. The number of ether oxygens (including phenoxy) is 2. The summed E-state index contributed by atoms with van der Waals surface area (Å²) in [5.41, 5.74) is 5.20. The van der Waals surface area contributed by atoms with Gasteiger partial charge in [-0.3, -0.25) is 0 Å². The highest BCUT2D eigenvalue weighted by molar-refractivity contribution is 5.44. The average molecular weight is 297 g/mol. The second kappa shape index (κ2) is 6.41. The lowest BCUT2D eigenvalue weighted by Gasteiger charge is -2.21. The summed E-state index contributed by atoms with van der Waals surface area (Å²) in [6, 6.07) is 13.0. The van der Waals surface area contributed by atoms with E-state index in [0.717, 1.165) is 18.0 Å². The summed E-state index contributed by atoms with van der Waals surface area (Å²) in [7, 11) is 0. The third-order valence-electron chi connectivity index (χ3n) is 4.16. The Kier molecular flexibility index (Phi) is 4.34. The van der Waals surface area contributed by atoms with Crippen molar-refractivity contribution >= 4 is 0 Å². The highest BCUT2D eigenvalue weighted by atomic mass is 16.6. The van der Waals surface area contributed by atoms with Crippen LogP contribution < -0.4 is 14.8 Å². The third kappa shape index (κ3) is 3.25. The van der Waals surface area contributed by atoms with E-state index in [-0.39, 0.29) is 6.04 Å². The van der Waals surface area contributed by atoms with E-state index in [2.05, 4.69) is 56.4 Å². The van der Waals surface area contributed by atoms with Crippen LogP contribution in [0.5, 0.6) is 11.5 Å². The zero-order chi connectivity index (χ0) is 15.5. The van der Waals surface area contributed by atoms with Gasteiger partial charge < -0.3 is 14.8 Å². The van der Waals surface area contributed by atoms with Crippen molar-refractivity contribution in [2.75, 3.05) is 13.2 Å². The van der Waals surface area contributed by atoms with Gasteiger partial charge in [-0.1, -0.05) is 29.8 Å². The molecule has 1 N–H and O–H groups in total. The topological polar surface area (TPSA) is 30.5 Å². The predicted octanol–water partition coefficient (Wildman–Crippen LogP) is 3.93. The number of aryl methyl sites for hydroxylation is 2. The molecule has 3 heteroatoms. The molecular formula is C19H23NO2. The molecule has 3 rings (SSSR count). The Labute approximate surface area is 132 Å². The Bertz CT molecular complexity index is 666. The van der Waals surface area contributed by atoms with Gasteiger partial charge in [0.2, 0.25) is 0 Å². The standard InChI is InChI=1S/C19H23NO2/c1-13-4-5-17(14(2)10-13)12-20-15(3)16-6-7-18-19(11-16)22-9-8-21-18/h4-7,10-11,15,20H,8-9,12H2,1-3H3. The van der Waals surface area contributed by atoms with E-state index in [0.29, 0.717) is 13.2 Å². The van der Waals surface area contributed by atoms with Crippen LogP contribution in [0.1, 0.15) is 35.2 Å². The summed E-state index contributed by atoms with van der Waals surface area (Å²) in [4.78, 5) is 0. The molecule has 0 bridgehead atoms. The van der Waals surface area contributed by atoms with Gasteiger partial charge in [0.15, 0.2) is 11.5 Å². The second-order valence-electron chi connectivity index (χ2n) is 5.94. The second-order valence-corrected chi connectivity index (χ2v) is 5.94. The number of fused-ring (bicyclic) bond motifs is 1. The number of benzene rings is 2. The fourth-order valence-corrected chi connectivity index (χ4v) is 2.75. The van der Waals surface area contributed by atoms with Gasteiger partial charge in [-0.25, -0.2) is 0 Å². The van der Waals surface area contributed by atoms with Gasteiger partial charge in [-0.15, -0.1) is 0 Å². The Morgan fingerprint density at radius 3 is 2.55 bits per heavy atom. The van der Waals surface area contributed by atoms with Crippen molar-refractivity contribution in [3.63, 3.8) is 0 Å². The maximum atomic E-state index is 5.66. The molecule has 0 amide bonds. The van der Waals surface area contributed by atoms with E-state index in [1.807, 2.05) is 6.07 Å². The Balaban J connectivity index is 1.68. The maximum Gasteiger partial charge on any atom is 0.161 e. The summed E-state index contributed by atoms with van der Waals surface area (Å²) < 4.78 is 11.2. The van der Waals surface area contributed by atoms with Gasteiger partial charge in [-0.05, 0) is 49.6 Å². The first-order valence-electron chi connectivity index (χ1n) is 7.82. The van der Waals surface area contributed by atoms with E-state index < -0.39 is 0 Å². The van der Waals surface area contributed by atoms with Crippen molar-refractivity contribution < 1.29 is 9.47 Å². The van der Waals surface area contributed by atoms with Crippen LogP contribution in [0.15, 0.2) is 36.4 Å². The zero-order valence-corrected chi connectivity index (χ0v) is 13.5. The zero-order valence-electron chi connectivity index (χ0n) is 13.5. The van der Waals surface area contributed by atoms with Gasteiger partial charge in [-0.2, -0.15) is 0 Å². The monoisotopic (exact) mass is 297 g/mol. The fourth-order valence-electron chi connectivity index (χ4n) is 2.75. The molecule has 116 valence electrons. The third-order valence-corrected chi connectivity index (χ3v) is 4.16. The summed E-state index contributed by atoms with van der Waals surface area (Å²) >= 11 is 0. The molecule has 2 aromatic rings. The first-order chi connectivity index (χ1) is 10.6. The van der Waals surface area contributed by atoms with Crippen molar-refractivity contribution in [3.8, 4) is 11.5 Å². The van der Waals surface area contributed by atoms with Gasteiger partial charge in [0.1, 0.15) is 13.2 Å². The Morgan fingerprint density at radius 1 is 1.00 bits per heavy atom. The Hall–Kier alpha value is -2.00. The van der Waals surface area contributed by atoms with E-state index in [1.54, 1.807) is 0 Å². The van der Waals surface area contributed by atoms with Crippen LogP contribution in [0.4, 0.5) is 0 Å². The first-order valence-corrected chi connectivity index (χ1v) is 7.82. The van der Waals surface area contributed by atoms with Crippen LogP contribution in [-0.2, 0) is 6.54 Å². The van der Waals surface area contributed by atoms with E-state index in [4.69, 9.17) is 9.47 Å². The summed E-state index contributed by atoms with van der Waals surface area (Å²) in [5.74, 6) is 1.69. The van der Waals surface area contributed by atoms with Gasteiger partial charge in [0, 0.05) is 12.6 Å². The number of hydrogen-bond donors (Lipinski definition) is 1. The lowest BCUT2D eigenvalue weighted by atomic mass is 10.0. The lowest BCUT2D eigenvalue weighted by Crippen LogP contribution is -2.20. The molecular weight excluding hydrogens is 274 g/mol. The molecule has 1 aliphatic rings. The van der Waals surface area contributed by atoms with Crippen LogP contribution in [-0.4, -0.2) is 13.2 Å². The first kappa shape index (κ1) is 14.9. The normalized spacial score (nSPS) is 14.7. The molecule has 0 radical (unpaired) electrons. The van der Waals surface area contributed by atoms with Crippen LogP contribution in [0, 0.1) is 13.8 Å². The highest BCUT2D eigenvalue weighted by Crippen LogP contribution is 2.32. The van der Waals surface area contributed by atoms with E-state index in [9.17, 15) is 0 Å². The molecule has 3 nitrogen and oxygen atoms in total. The Morgan fingerprint density at radius 2 is 1.77 bits per heavy atom. The van der Waals surface area contributed by atoms with Gasteiger partial charge in [0.05, 0.1) is 0 Å². The van der Waals surface area contributed by atoms with Crippen LogP contribution >= 0.6 is 0 Å². The average Bonchev–Trinajstić information content (AvgIpc) is 2.53. The molecule has 1 unspecified atom stereocenters. The number of rotatable bonds is 4. The maximum absolute atomic E-state index is 5.66. The summed E-state index contributed by atoms with van der Waals surface area (Å²) in [5, 5.41) is 3.59. The molecule has 0 spiro atoms. The fraction of sp³-hybridized carbons (Fsp3) is 0.368. The SMILES string of the molecule is Cc1ccc(CNC(C)c2ccc3c(c2)OCCO3)c(C)c1. The van der Waals surface area contributed by atoms with E-state index >= 15 is 0 Å². The van der Waals surface area contributed by atoms with Crippen molar-refractivity contribution in [2.24, 2.45) is 0 Å². The highest BCUT2D eigenvalue weighted by Gasteiger charge is 2.14. The summed E-state index contributed by atoms with van der Waals surface area (Å²) in [6.07, 6.45) is 0. The van der Waals surface area contributed by atoms with Crippen molar-refractivity contribution in [1.29, 1.82) is 0 Å². The summed E-state index contributed by atoms with van der Waals surface area (Å²) in [6.45, 7) is 8.59. The molecule has 1 heterocycles. The number of hydrogen-bond acceptors (Lipinski definition) is 3. The molecule has 0 aliphatic carbocycles. The minimum atomic E-state index is 0.261. The molecule has 1 aliphatic heterocycles. The van der Waals surface area contributed by atoms with Crippen molar-refractivity contribution in [2.45, 2.75) is 33.4 Å². The molecule has 2 aromatic carbocycles. The minimum absolute atomic E-state index is 0.261. The van der Waals surface area contributed by atoms with Crippen LogP contribution in [0.25, 0.3) is 0 Å². The van der Waals surface area contributed by atoms with Gasteiger partial charge in [0.25, 0.3) is 0 Å². The lowest BCUT2D eigenvalue weighted by molar-refractivity contribution is 0.171.